The predicted octanol–water partition coefficient (Wildman–Crippen LogP) is 3.72. The van der Waals surface area contributed by atoms with Gasteiger partial charge in [0.25, 0.3) is 5.91 Å². The van der Waals surface area contributed by atoms with Crippen LogP contribution in [0.25, 0.3) is 0 Å². The average molecular weight is 295 g/mol. The van der Waals surface area contributed by atoms with Gasteiger partial charge in [-0.1, -0.05) is 0 Å². The highest BCUT2D eigenvalue weighted by Crippen LogP contribution is 2.20. The van der Waals surface area contributed by atoms with Crippen LogP contribution >= 0.6 is 24.0 Å². The standard InChI is InChI=1S/C14H14FNOS2/c1-8-5-11(19-9(8)2)7-16-14(17)10-3-4-12(15)13(18)6-10/h3-6,18H,7H2,1-2H3,(H,16,17). The first-order chi connectivity index (χ1) is 8.97. The Morgan fingerprint density at radius 1 is 1.37 bits per heavy atom. The van der Waals surface area contributed by atoms with Gasteiger partial charge in [-0.3, -0.25) is 4.79 Å². The highest BCUT2D eigenvalue weighted by atomic mass is 32.1. The zero-order valence-electron chi connectivity index (χ0n) is 10.7. The van der Waals surface area contributed by atoms with E-state index >= 15 is 0 Å². The summed E-state index contributed by atoms with van der Waals surface area (Å²) in [4.78, 5) is 14.4. The van der Waals surface area contributed by atoms with Gasteiger partial charge in [-0.15, -0.1) is 24.0 Å². The monoisotopic (exact) mass is 295 g/mol. The molecule has 0 bridgehead atoms. The number of carbonyl (C=O) groups is 1. The smallest absolute Gasteiger partial charge is 0.251 e. The molecule has 0 atom stereocenters. The number of hydrogen-bond acceptors (Lipinski definition) is 3. The molecule has 0 spiro atoms. The summed E-state index contributed by atoms with van der Waals surface area (Å²) in [5, 5.41) is 2.82. The normalized spacial score (nSPS) is 10.5. The molecule has 1 amide bonds. The number of nitrogens with one attached hydrogen (secondary N) is 1. The van der Waals surface area contributed by atoms with E-state index in [2.05, 4.69) is 30.9 Å². The lowest BCUT2D eigenvalue weighted by molar-refractivity contribution is 0.0951. The topological polar surface area (TPSA) is 29.1 Å². The van der Waals surface area contributed by atoms with Gasteiger partial charge in [0.2, 0.25) is 0 Å². The van der Waals surface area contributed by atoms with Gasteiger partial charge >= 0.3 is 0 Å². The van der Waals surface area contributed by atoms with Crippen molar-refractivity contribution in [3.63, 3.8) is 0 Å². The third-order valence-electron chi connectivity index (χ3n) is 2.85. The molecular formula is C14H14FNOS2. The zero-order valence-corrected chi connectivity index (χ0v) is 12.4. The zero-order chi connectivity index (χ0) is 14.0. The summed E-state index contributed by atoms with van der Waals surface area (Å²) in [6.07, 6.45) is 0. The number of benzene rings is 1. The van der Waals surface area contributed by atoms with Crippen molar-refractivity contribution in [2.24, 2.45) is 0 Å². The van der Waals surface area contributed by atoms with E-state index < -0.39 is 5.82 Å². The minimum absolute atomic E-state index is 0.176. The van der Waals surface area contributed by atoms with Crippen LogP contribution < -0.4 is 5.32 Å². The van der Waals surface area contributed by atoms with Crippen molar-refractivity contribution in [2.75, 3.05) is 0 Å². The summed E-state index contributed by atoms with van der Waals surface area (Å²) in [7, 11) is 0. The first kappa shape index (κ1) is 14.1. The molecule has 0 aliphatic heterocycles. The molecule has 0 saturated carbocycles. The first-order valence-electron chi connectivity index (χ1n) is 5.80. The summed E-state index contributed by atoms with van der Waals surface area (Å²) in [5.41, 5.74) is 1.64. The molecule has 1 aromatic heterocycles. The van der Waals surface area contributed by atoms with Crippen LogP contribution in [0.15, 0.2) is 29.2 Å². The lowest BCUT2D eigenvalue weighted by Crippen LogP contribution is -2.22. The predicted molar refractivity (Wildman–Crippen MR) is 78.6 cm³/mol. The summed E-state index contributed by atoms with van der Waals surface area (Å²) in [5.74, 6) is -0.650. The lowest BCUT2D eigenvalue weighted by Gasteiger charge is -2.04. The fraction of sp³-hybridized carbons (Fsp3) is 0.214. The molecule has 19 heavy (non-hydrogen) atoms. The Hall–Kier alpha value is -1.33. The lowest BCUT2D eigenvalue weighted by atomic mass is 10.2. The largest absolute Gasteiger partial charge is 0.347 e. The number of carbonyl (C=O) groups excluding carboxylic acids is 1. The molecule has 0 radical (unpaired) electrons. The Morgan fingerprint density at radius 3 is 2.68 bits per heavy atom. The minimum Gasteiger partial charge on any atom is -0.347 e. The van der Waals surface area contributed by atoms with Crippen LogP contribution in [0.5, 0.6) is 0 Å². The molecular weight excluding hydrogens is 281 g/mol. The van der Waals surface area contributed by atoms with Crippen LogP contribution in [-0.2, 0) is 6.54 Å². The number of hydrogen-bond donors (Lipinski definition) is 2. The molecule has 1 heterocycles. The fourth-order valence-corrected chi connectivity index (χ4v) is 2.87. The van der Waals surface area contributed by atoms with E-state index in [4.69, 9.17) is 0 Å². The third kappa shape index (κ3) is 3.36. The first-order valence-corrected chi connectivity index (χ1v) is 7.06. The molecule has 2 aromatic rings. The Morgan fingerprint density at radius 2 is 2.11 bits per heavy atom. The molecule has 1 aromatic carbocycles. The minimum atomic E-state index is -0.426. The highest BCUT2D eigenvalue weighted by Gasteiger charge is 2.09. The van der Waals surface area contributed by atoms with Crippen molar-refractivity contribution < 1.29 is 9.18 Å². The van der Waals surface area contributed by atoms with Crippen LogP contribution in [0, 0.1) is 19.7 Å². The molecule has 1 N–H and O–H groups in total. The maximum atomic E-state index is 13.1. The van der Waals surface area contributed by atoms with Crippen LogP contribution in [0.4, 0.5) is 4.39 Å². The van der Waals surface area contributed by atoms with Crippen molar-refractivity contribution in [1.29, 1.82) is 0 Å². The van der Waals surface area contributed by atoms with Crippen LogP contribution in [0.2, 0.25) is 0 Å². The van der Waals surface area contributed by atoms with Crippen molar-refractivity contribution in [2.45, 2.75) is 25.3 Å². The summed E-state index contributed by atoms with van der Waals surface area (Å²) in [6, 6.07) is 6.19. The quantitative estimate of drug-likeness (QED) is 0.830. The van der Waals surface area contributed by atoms with Gasteiger partial charge in [0.05, 0.1) is 6.54 Å². The van der Waals surface area contributed by atoms with Gasteiger partial charge in [-0.2, -0.15) is 0 Å². The van der Waals surface area contributed by atoms with E-state index in [-0.39, 0.29) is 10.8 Å². The number of thiol groups is 1. The van der Waals surface area contributed by atoms with Gasteiger partial charge in [0.1, 0.15) is 5.82 Å². The van der Waals surface area contributed by atoms with E-state index in [0.717, 1.165) is 4.88 Å². The molecule has 0 aliphatic carbocycles. The fourth-order valence-electron chi connectivity index (χ4n) is 1.66. The summed E-state index contributed by atoms with van der Waals surface area (Å²) >= 11 is 5.63. The molecule has 0 unspecified atom stereocenters. The van der Waals surface area contributed by atoms with Crippen LogP contribution in [0.1, 0.15) is 25.7 Å². The summed E-state index contributed by atoms with van der Waals surface area (Å²) < 4.78 is 13.1. The number of amides is 1. The Bertz CT molecular complexity index is 602. The molecule has 100 valence electrons. The second kappa shape index (κ2) is 5.75. The van der Waals surface area contributed by atoms with Gasteiger partial charge in [0, 0.05) is 20.2 Å². The van der Waals surface area contributed by atoms with Crippen molar-refractivity contribution >= 4 is 29.9 Å². The third-order valence-corrected chi connectivity index (χ3v) is 4.34. The van der Waals surface area contributed by atoms with Crippen molar-refractivity contribution in [3.05, 3.63) is 51.0 Å². The maximum Gasteiger partial charge on any atom is 0.251 e. The highest BCUT2D eigenvalue weighted by molar-refractivity contribution is 7.80. The van der Waals surface area contributed by atoms with E-state index in [1.54, 1.807) is 11.3 Å². The Balaban J connectivity index is 2.03. The van der Waals surface area contributed by atoms with Crippen LogP contribution in [-0.4, -0.2) is 5.91 Å². The number of aryl methyl sites for hydroxylation is 2. The Labute approximate surface area is 121 Å². The summed E-state index contributed by atoms with van der Waals surface area (Å²) in [6.45, 7) is 4.58. The van der Waals surface area contributed by atoms with Gasteiger partial charge in [-0.05, 0) is 43.7 Å². The van der Waals surface area contributed by atoms with Crippen molar-refractivity contribution in [1.82, 2.24) is 5.32 Å². The molecule has 2 nitrogen and oxygen atoms in total. The molecule has 0 aliphatic rings. The van der Waals surface area contributed by atoms with Crippen molar-refractivity contribution in [3.8, 4) is 0 Å². The van der Waals surface area contributed by atoms with Gasteiger partial charge in [-0.25, -0.2) is 4.39 Å². The van der Waals surface area contributed by atoms with E-state index in [1.807, 2.05) is 6.92 Å². The number of thiophene rings is 1. The maximum absolute atomic E-state index is 13.1. The second-order valence-electron chi connectivity index (χ2n) is 4.30. The Kier molecular flexibility index (Phi) is 4.27. The number of rotatable bonds is 3. The molecule has 0 fully saturated rings. The van der Waals surface area contributed by atoms with Gasteiger partial charge < -0.3 is 5.32 Å². The molecule has 5 heteroatoms. The molecule has 2 rings (SSSR count). The SMILES string of the molecule is Cc1cc(CNC(=O)c2ccc(F)c(S)c2)sc1C. The van der Waals surface area contributed by atoms with Crippen LogP contribution in [0.3, 0.4) is 0 Å². The number of halogens is 1. The molecule has 0 saturated heterocycles. The van der Waals surface area contributed by atoms with E-state index in [9.17, 15) is 9.18 Å². The second-order valence-corrected chi connectivity index (χ2v) is 6.12. The van der Waals surface area contributed by atoms with E-state index in [0.29, 0.717) is 12.1 Å². The van der Waals surface area contributed by atoms with E-state index in [1.165, 1.54) is 28.6 Å². The van der Waals surface area contributed by atoms with Gasteiger partial charge in [0.15, 0.2) is 0 Å². The average Bonchev–Trinajstić information content (AvgIpc) is 2.69.